The zero-order valence-electron chi connectivity index (χ0n) is 10.2. The molecular weight excluding hydrogens is 218 g/mol. The highest BCUT2D eigenvalue weighted by atomic mass is 16.2. The van der Waals surface area contributed by atoms with Crippen molar-refractivity contribution >= 4 is 11.8 Å². The van der Waals surface area contributed by atoms with E-state index in [-0.39, 0.29) is 17.9 Å². The summed E-state index contributed by atoms with van der Waals surface area (Å²) in [4.78, 5) is 22.4. The predicted octanol–water partition coefficient (Wildman–Crippen LogP) is 0.487. The topological polar surface area (TPSA) is 82.0 Å². The van der Waals surface area contributed by atoms with Crippen LogP contribution in [0.15, 0.2) is 12.2 Å². The van der Waals surface area contributed by atoms with E-state index in [4.69, 9.17) is 5.26 Å². The maximum atomic E-state index is 11.4. The van der Waals surface area contributed by atoms with Crippen molar-refractivity contribution in [1.82, 2.24) is 10.6 Å². The van der Waals surface area contributed by atoms with Gasteiger partial charge >= 0.3 is 0 Å². The van der Waals surface area contributed by atoms with E-state index in [0.29, 0.717) is 19.4 Å². The first-order valence-electron chi connectivity index (χ1n) is 5.53. The smallest absolute Gasteiger partial charge is 0.243 e. The first kappa shape index (κ1) is 13.4. The van der Waals surface area contributed by atoms with E-state index < -0.39 is 5.41 Å². The summed E-state index contributed by atoms with van der Waals surface area (Å²) < 4.78 is 0. The average molecular weight is 235 g/mol. The molecule has 0 bridgehead atoms. The highest BCUT2D eigenvalue weighted by Gasteiger charge is 2.27. The molecule has 0 radical (unpaired) electrons. The fourth-order valence-electron chi connectivity index (χ4n) is 1.43. The van der Waals surface area contributed by atoms with E-state index >= 15 is 0 Å². The van der Waals surface area contributed by atoms with Gasteiger partial charge in [-0.3, -0.25) is 14.9 Å². The molecule has 0 aromatic carbocycles. The zero-order valence-corrected chi connectivity index (χ0v) is 10.2. The Morgan fingerprint density at radius 2 is 2.29 bits per heavy atom. The quantitative estimate of drug-likeness (QED) is 0.548. The van der Waals surface area contributed by atoms with Crippen LogP contribution in [-0.2, 0) is 9.59 Å². The molecule has 17 heavy (non-hydrogen) atoms. The molecule has 1 heterocycles. The van der Waals surface area contributed by atoms with Crippen molar-refractivity contribution in [2.45, 2.75) is 32.7 Å². The maximum absolute atomic E-state index is 11.4. The number of nitrogens with zero attached hydrogens (tertiary/aromatic N) is 1. The highest BCUT2D eigenvalue weighted by Crippen LogP contribution is 2.22. The van der Waals surface area contributed by atoms with Crippen LogP contribution in [0.5, 0.6) is 0 Å². The predicted molar refractivity (Wildman–Crippen MR) is 62.7 cm³/mol. The van der Waals surface area contributed by atoms with Gasteiger partial charge in [0, 0.05) is 13.0 Å². The highest BCUT2D eigenvalue weighted by molar-refractivity contribution is 6.00. The van der Waals surface area contributed by atoms with Gasteiger partial charge in [-0.15, -0.1) is 0 Å². The van der Waals surface area contributed by atoms with E-state index in [9.17, 15) is 9.59 Å². The van der Waals surface area contributed by atoms with Crippen molar-refractivity contribution in [3.63, 3.8) is 0 Å². The minimum atomic E-state index is -0.617. The van der Waals surface area contributed by atoms with E-state index in [1.165, 1.54) is 0 Å². The van der Waals surface area contributed by atoms with Gasteiger partial charge in [-0.25, -0.2) is 0 Å². The lowest BCUT2D eigenvalue weighted by Crippen LogP contribution is -2.51. The molecule has 1 saturated heterocycles. The molecule has 1 fully saturated rings. The van der Waals surface area contributed by atoms with Gasteiger partial charge in [-0.05, 0) is 25.8 Å². The molecule has 5 heteroatoms. The Balaban J connectivity index is 2.47. The first-order chi connectivity index (χ1) is 7.86. The van der Waals surface area contributed by atoms with Gasteiger partial charge in [-0.2, -0.15) is 5.26 Å². The van der Waals surface area contributed by atoms with Crippen molar-refractivity contribution in [3.05, 3.63) is 12.2 Å². The minimum absolute atomic E-state index is 0.232. The number of nitriles is 1. The third-order valence-electron chi connectivity index (χ3n) is 2.96. The Bertz CT molecular complexity index is 393. The van der Waals surface area contributed by atoms with Crippen molar-refractivity contribution in [2.24, 2.45) is 5.41 Å². The normalized spacial score (nSPS) is 20.6. The molecular formula is C12H17N3O2. The molecule has 0 saturated carbocycles. The fourth-order valence-corrected chi connectivity index (χ4v) is 1.43. The largest absolute Gasteiger partial charge is 0.302 e. The van der Waals surface area contributed by atoms with Crippen molar-refractivity contribution in [1.29, 1.82) is 5.26 Å². The molecule has 1 aliphatic rings. The third-order valence-corrected chi connectivity index (χ3v) is 2.96. The molecule has 0 aliphatic carbocycles. The molecule has 2 amide bonds. The lowest BCUT2D eigenvalue weighted by molar-refractivity contribution is -0.134. The van der Waals surface area contributed by atoms with Gasteiger partial charge in [0.15, 0.2) is 0 Å². The summed E-state index contributed by atoms with van der Waals surface area (Å²) >= 11 is 0. The molecule has 1 aliphatic heterocycles. The van der Waals surface area contributed by atoms with Gasteiger partial charge in [0.05, 0.1) is 17.5 Å². The van der Waals surface area contributed by atoms with Crippen LogP contribution in [0, 0.1) is 16.7 Å². The second-order valence-electron chi connectivity index (χ2n) is 4.72. The van der Waals surface area contributed by atoms with Crippen LogP contribution in [0.3, 0.4) is 0 Å². The average Bonchev–Trinajstić information content (AvgIpc) is 2.27. The van der Waals surface area contributed by atoms with Crippen molar-refractivity contribution in [2.75, 3.05) is 6.54 Å². The number of carbonyl (C=O) groups is 2. The van der Waals surface area contributed by atoms with Crippen molar-refractivity contribution < 1.29 is 9.59 Å². The molecule has 1 rings (SSSR count). The summed E-state index contributed by atoms with van der Waals surface area (Å²) in [5.74, 6) is -0.534. The van der Waals surface area contributed by atoms with Crippen LogP contribution in [0.25, 0.3) is 0 Å². The molecule has 1 atom stereocenters. The van der Waals surface area contributed by atoms with Gasteiger partial charge in [0.25, 0.3) is 0 Å². The Morgan fingerprint density at radius 1 is 1.65 bits per heavy atom. The molecule has 5 nitrogen and oxygen atoms in total. The van der Waals surface area contributed by atoms with Crippen LogP contribution in [-0.4, -0.2) is 24.4 Å². The van der Waals surface area contributed by atoms with E-state index in [0.717, 1.165) is 5.57 Å². The number of amides is 2. The van der Waals surface area contributed by atoms with Crippen LogP contribution >= 0.6 is 0 Å². The lowest BCUT2D eigenvalue weighted by Gasteiger charge is -2.25. The van der Waals surface area contributed by atoms with Crippen molar-refractivity contribution in [3.8, 4) is 6.07 Å². The summed E-state index contributed by atoms with van der Waals surface area (Å²) in [6.07, 6.45) is 0.836. The van der Waals surface area contributed by atoms with E-state index in [2.05, 4.69) is 23.3 Å². The second-order valence-corrected chi connectivity index (χ2v) is 4.72. The first-order valence-corrected chi connectivity index (χ1v) is 5.53. The number of hydrogen-bond donors (Lipinski definition) is 2. The van der Waals surface area contributed by atoms with Crippen LogP contribution in [0.4, 0.5) is 0 Å². The van der Waals surface area contributed by atoms with Crippen LogP contribution in [0.2, 0.25) is 0 Å². The number of piperidine rings is 1. The SMILES string of the molecule is C=C(CNC1CCC(=O)NC1=O)C(C)(C)C#N. The van der Waals surface area contributed by atoms with Gasteiger partial charge in [-0.1, -0.05) is 6.58 Å². The fraction of sp³-hybridized carbons (Fsp3) is 0.583. The van der Waals surface area contributed by atoms with Crippen LogP contribution < -0.4 is 10.6 Å². The van der Waals surface area contributed by atoms with E-state index in [1.54, 1.807) is 13.8 Å². The molecule has 0 spiro atoms. The molecule has 1 unspecified atom stereocenters. The van der Waals surface area contributed by atoms with E-state index in [1.807, 2.05) is 0 Å². The Labute approximate surface area is 101 Å². The summed E-state index contributed by atoms with van der Waals surface area (Å²) in [6.45, 7) is 7.79. The maximum Gasteiger partial charge on any atom is 0.243 e. The summed E-state index contributed by atoms with van der Waals surface area (Å²) in [5, 5.41) is 14.2. The number of carbonyl (C=O) groups excluding carboxylic acids is 2. The molecule has 0 aromatic rings. The van der Waals surface area contributed by atoms with Crippen LogP contribution in [0.1, 0.15) is 26.7 Å². The summed E-state index contributed by atoms with van der Waals surface area (Å²) in [7, 11) is 0. The monoisotopic (exact) mass is 235 g/mol. The van der Waals surface area contributed by atoms with Gasteiger partial charge in [0.2, 0.25) is 11.8 Å². The lowest BCUT2D eigenvalue weighted by atomic mass is 9.86. The zero-order chi connectivity index (χ0) is 13.1. The summed E-state index contributed by atoms with van der Waals surface area (Å²) in [6, 6.07) is 1.78. The molecule has 0 aromatic heterocycles. The molecule has 2 N–H and O–H groups in total. The second kappa shape index (κ2) is 5.11. The number of imide groups is 1. The minimum Gasteiger partial charge on any atom is -0.302 e. The Hall–Kier alpha value is -1.67. The molecule has 92 valence electrons. The number of rotatable bonds is 4. The van der Waals surface area contributed by atoms with Gasteiger partial charge < -0.3 is 5.32 Å². The number of nitrogens with one attached hydrogen (secondary N) is 2. The Morgan fingerprint density at radius 3 is 2.82 bits per heavy atom. The third kappa shape index (κ3) is 3.40. The summed E-state index contributed by atoms with van der Waals surface area (Å²) in [5.41, 5.74) is 0.109. The Kier molecular flexibility index (Phi) is 4.02. The van der Waals surface area contributed by atoms with Gasteiger partial charge in [0.1, 0.15) is 0 Å². The standard InChI is InChI=1S/C12H17N3O2/c1-8(12(2,3)7-13)6-14-9-4-5-10(16)15-11(9)17/h9,14H,1,4-6H2,2-3H3,(H,15,16,17). The number of hydrogen-bond acceptors (Lipinski definition) is 4.